The molecule has 5 heteroatoms. The number of hydrogen-bond acceptors (Lipinski definition) is 5. The van der Waals surface area contributed by atoms with Gasteiger partial charge in [0.15, 0.2) is 11.5 Å². The second-order valence-corrected chi connectivity index (χ2v) is 4.10. The number of methoxy groups -OCH3 is 2. The highest BCUT2D eigenvalue weighted by molar-refractivity contribution is 5.51. The minimum Gasteiger partial charge on any atom is -0.493 e. The molecule has 0 bridgehead atoms. The molecule has 0 aliphatic carbocycles. The molecule has 0 amide bonds. The van der Waals surface area contributed by atoms with Gasteiger partial charge in [0.1, 0.15) is 6.61 Å². The molecule has 5 nitrogen and oxygen atoms in total. The Kier molecular flexibility index (Phi) is 4.79. The molecule has 1 aromatic heterocycles. The summed E-state index contributed by atoms with van der Waals surface area (Å²) in [4.78, 5) is 4.39. The molecule has 1 aromatic carbocycles. The summed E-state index contributed by atoms with van der Waals surface area (Å²) in [5.74, 6) is 1.82. The van der Waals surface area contributed by atoms with Gasteiger partial charge >= 0.3 is 0 Å². The molecular formula is C15H18N2O3. The van der Waals surface area contributed by atoms with Gasteiger partial charge in [-0.05, 0) is 24.3 Å². The molecule has 0 aliphatic rings. The first-order chi connectivity index (χ1) is 9.78. The lowest BCUT2D eigenvalue weighted by Gasteiger charge is -2.14. The molecule has 0 fully saturated rings. The summed E-state index contributed by atoms with van der Waals surface area (Å²) in [5, 5.41) is 0. The number of rotatable bonds is 6. The molecule has 0 saturated heterocycles. The van der Waals surface area contributed by atoms with Gasteiger partial charge in [0.25, 0.3) is 0 Å². The third-order valence-corrected chi connectivity index (χ3v) is 2.82. The van der Waals surface area contributed by atoms with Gasteiger partial charge in [-0.15, -0.1) is 0 Å². The Morgan fingerprint density at radius 2 is 1.55 bits per heavy atom. The van der Waals surface area contributed by atoms with E-state index >= 15 is 0 Å². The topological polar surface area (TPSA) is 66.6 Å². The molecule has 0 aliphatic heterocycles. The number of ether oxygens (including phenoxy) is 3. The summed E-state index contributed by atoms with van der Waals surface area (Å²) < 4.78 is 16.3. The zero-order valence-electron chi connectivity index (χ0n) is 11.6. The van der Waals surface area contributed by atoms with Crippen LogP contribution in [0.1, 0.15) is 11.4 Å². The maximum atomic E-state index is 5.78. The predicted molar refractivity (Wildman–Crippen MR) is 76.0 cm³/mol. The molecule has 0 saturated carbocycles. The average molecular weight is 274 g/mol. The molecule has 1 heterocycles. The first kappa shape index (κ1) is 14.1. The lowest BCUT2D eigenvalue weighted by atomic mass is 10.3. The van der Waals surface area contributed by atoms with Gasteiger partial charge in [-0.25, -0.2) is 0 Å². The van der Waals surface area contributed by atoms with Crippen LogP contribution in [0.4, 0.5) is 0 Å². The first-order valence-corrected chi connectivity index (χ1v) is 6.27. The molecule has 0 unspecified atom stereocenters. The summed E-state index contributed by atoms with van der Waals surface area (Å²) in [6.45, 7) is 0.733. The molecule has 20 heavy (non-hydrogen) atoms. The van der Waals surface area contributed by atoms with E-state index in [2.05, 4.69) is 4.98 Å². The van der Waals surface area contributed by atoms with Crippen LogP contribution < -0.4 is 19.9 Å². The summed E-state index contributed by atoms with van der Waals surface area (Å²) in [7, 11) is 3.18. The molecular weight excluding hydrogens is 256 g/mol. The van der Waals surface area contributed by atoms with Crippen molar-refractivity contribution in [2.75, 3.05) is 14.2 Å². The summed E-state index contributed by atoms with van der Waals surface area (Å²) in [6.07, 6.45) is 0. The zero-order valence-corrected chi connectivity index (χ0v) is 11.6. The Bertz CT molecular complexity index is 551. The highest BCUT2D eigenvalue weighted by atomic mass is 16.5. The van der Waals surface area contributed by atoms with Crippen LogP contribution in [0.2, 0.25) is 0 Å². The molecule has 0 spiro atoms. The average Bonchev–Trinajstić information content (AvgIpc) is 2.52. The van der Waals surface area contributed by atoms with Gasteiger partial charge in [0.05, 0.1) is 25.6 Å². The molecule has 2 aromatic rings. The van der Waals surface area contributed by atoms with E-state index in [0.717, 1.165) is 11.4 Å². The molecule has 106 valence electrons. The van der Waals surface area contributed by atoms with E-state index < -0.39 is 0 Å². The van der Waals surface area contributed by atoms with Gasteiger partial charge < -0.3 is 19.9 Å². The molecule has 0 radical (unpaired) electrons. The van der Waals surface area contributed by atoms with Crippen LogP contribution in [0.3, 0.4) is 0 Å². The molecule has 0 atom stereocenters. The predicted octanol–water partition coefficient (Wildman–Crippen LogP) is 2.14. The SMILES string of the molecule is COc1cccc(OC)c1OCc1cccc(CN)n1. The number of aromatic nitrogens is 1. The maximum Gasteiger partial charge on any atom is 0.203 e. The van der Waals surface area contributed by atoms with Gasteiger partial charge in [0, 0.05) is 6.54 Å². The Morgan fingerprint density at radius 1 is 0.950 bits per heavy atom. The van der Waals surface area contributed by atoms with Crippen LogP contribution in [-0.4, -0.2) is 19.2 Å². The third-order valence-electron chi connectivity index (χ3n) is 2.82. The van der Waals surface area contributed by atoms with Crippen molar-refractivity contribution in [2.45, 2.75) is 13.2 Å². The third kappa shape index (κ3) is 3.19. The highest BCUT2D eigenvalue weighted by Gasteiger charge is 2.11. The Morgan fingerprint density at radius 3 is 2.15 bits per heavy atom. The van der Waals surface area contributed by atoms with Gasteiger partial charge in [0.2, 0.25) is 5.75 Å². The zero-order chi connectivity index (χ0) is 14.4. The quantitative estimate of drug-likeness (QED) is 0.874. The van der Waals surface area contributed by atoms with Crippen molar-refractivity contribution < 1.29 is 14.2 Å². The first-order valence-electron chi connectivity index (χ1n) is 6.27. The Labute approximate surface area is 118 Å². The minimum atomic E-state index is 0.324. The number of hydrogen-bond donors (Lipinski definition) is 1. The van der Waals surface area contributed by atoms with E-state index in [1.165, 1.54) is 0 Å². The number of nitrogens with zero attached hydrogens (tertiary/aromatic N) is 1. The Hall–Kier alpha value is -2.27. The minimum absolute atomic E-state index is 0.324. The fraction of sp³-hybridized carbons (Fsp3) is 0.267. The fourth-order valence-electron chi connectivity index (χ4n) is 1.83. The number of benzene rings is 1. The van der Waals surface area contributed by atoms with Crippen molar-refractivity contribution in [3.63, 3.8) is 0 Å². The highest BCUT2D eigenvalue weighted by Crippen LogP contribution is 2.37. The van der Waals surface area contributed by atoms with E-state index in [9.17, 15) is 0 Å². The summed E-state index contributed by atoms with van der Waals surface area (Å²) in [6, 6.07) is 11.2. The lowest BCUT2D eigenvalue weighted by Crippen LogP contribution is -2.05. The molecule has 2 N–H and O–H groups in total. The van der Waals surface area contributed by atoms with Crippen LogP contribution in [-0.2, 0) is 13.2 Å². The maximum absolute atomic E-state index is 5.78. The number of pyridine rings is 1. The van der Waals surface area contributed by atoms with Crippen LogP contribution in [0.5, 0.6) is 17.2 Å². The van der Waals surface area contributed by atoms with Crippen molar-refractivity contribution in [3.8, 4) is 17.2 Å². The Balaban J connectivity index is 2.17. The van der Waals surface area contributed by atoms with E-state index in [4.69, 9.17) is 19.9 Å². The van der Waals surface area contributed by atoms with Gasteiger partial charge in [-0.1, -0.05) is 12.1 Å². The van der Waals surface area contributed by atoms with E-state index in [1.54, 1.807) is 14.2 Å². The van der Waals surface area contributed by atoms with E-state index in [-0.39, 0.29) is 0 Å². The van der Waals surface area contributed by atoms with Crippen LogP contribution >= 0.6 is 0 Å². The van der Waals surface area contributed by atoms with Gasteiger partial charge in [-0.3, -0.25) is 4.98 Å². The largest absolute Gasteiger partial charge is 0.493 e. The van der Waals surface area contributed by atoms with Crippen LogP contribution in [0, 0.1) is 0 Å². The van der Waals surface area contributed by atoms with E-state index in [0.29, 0.717) is 30.4 Å². The normalized spacial score (nSPS) is 10.2. The number of nitrogens with two attached hydrogens (primary N) is 1. The standard InChI is InChI=1S/C15H18N2O3/c1-18-13-7-4-8-14(19-2)15(13)20-10-12-6-3-5-11(9-16)17-12/h3-8H,9-10,16H2,1-2H3. The second-order valence-electron chi connectivity index (χ2n) is 4.10. The van der Waals surface area contributed by atoms with Crippen molar-refractivity contribution in [2.24, 2.45) is 5.73 Å². The van der Waals surface area contributed by atoms with Crippen LogP contribution in [0.15, 0.2) is 36.4 Å². The monoisotopic (exact) mass is 274 g/mol. The smallest absolute Gasteiger partial charge is 0.203 e. The van der Waals surface area contributed by atoms with Crippen molar-refractivity contribution in [3.05, 3.63) is 47.8 Å². The molecule has 2 rings (SSSR count). The van der Waals surface area contributed by atoms with Crippen molar-refractivity contribution in [1.82, 2.24) is 4.98 Å². The van der Waals surface area contributed by atoms with E-state index in [1.807, 2.05) is 36.4 Å². The number of para-hydroxylation sites is 1. The fourth-order valence-corrected chi connectivity index (χ4v) is 1.83. The summed E-state index contributed by atoms with van der Waals surface area (Å²) >= 11 is 0. The van der Waals surface area contributed by atoms with Crippen molar-refractivity contribution in [1.29, 1.82) is 0 Å². The second kappa shape index (κ2) is 6.77. The van der Waals surface area contributed by atoms with Gasteiger partial charge in [-0.2, -0.15) is 0 Å². The summed E-state index contributed by atoms with van der Waals surface area (Å²) in [5.41, 5.74) is 7.21. The lowest BCUT2D eigenvalue weighted by molar-refractivity contribution is 0.262. The van der Waals surface area contributed by atoms with Crippen molar-refractivity contribution >= 4 is 0 Å². The van der Waals surface area contributed by atoms with Crippen LogP contribution in [0.25, 0.3) is 0 Å².